The lowest BCUT2D eigenvalue weighted by molar-refractivity contribution is 0.270. The largest absolute Gasteiger partial charge is 0.497 e. The molecule has 2 aromatic rings. The molecular weight excluding hydrogens is 314 g/mol. The van der Waals surface area contributed by atoms with Gasteiger partial charge in [-0.2, -0.15) is 0 Å². The van der Waals surface area contributed by atoms with E-state index in [0.29, 0.717) is 0 Å². The number of hydrogen-bond donors (Lipinski definition) is 2. The first-order valence-electron chi connectivity index (χ1n) is 9.04. The van der Waals surface area contributed by atoms with Gasteiger partial charge in [-0.15, -0.1) is 0 Å². The maximum Gasteiger partial charge on any atom is 0.124 e. The standard InChI is InChI=1S/C21H27NO3/c1-24-17-11-12-21-18(15-17)20(10-6-14-25-21)22-19(9-5-13-23)16-7-3-2-4-8-16/h2-4,7-8,11-12,15,19-20,22-23H,5-6,9-10,13-14H2,1H3. The minimum atomic E-state index is 0.204. The number of aliphatic hydroxyl groups is 1. The summed E-state index contributed by atoms with van der Waals surface area (Å²) in [6.45, 7) is 0.952. The fourth-order valence-corrected chi connectivity index (χ4v) is 3.43. The second kappa shape index (κ2) is 8.88. The number of nitrogens with one attached hydrogen (secondary N) is 1. The fourth-order valence-electron chi connectivity index (χ4n) is 3.43. The molecule has 0 saturated carbocycles. The molecule has 4 nitrogen and oxygen atoms in total. The molecule has 2 aromatic carbocycles. The molecule has 134 valence electrons. The van der Waals surface area contributed by atoms with Gasteiger partial charge in [-0.25, -0.2) is 0 Å². The van der Waals surface area contributed by atoms with Gasteiger partial charge in [0.2, 0.25) is 0 Å². The summed E-state index contributed by atoms with van der Waals surface area (Å²) in [5, 5.41) is 13.1. The number of hydrogen-bond acceptors (Lipinski definition) is 4. The van der Waals surface area contributed by atoms with Crippen LogP contribution in [0.3, 0.4) is 0 Å². The van der Waals surface area contributed by atoms with Crippen molar-refractivity contribution >= 4 is 0 Å². The number of fused-ring (bicyclic) bond motifs is 1. The van der Waals surface area contributed by atoms with Crippen LogP contribution in [-0.2, 0) is 0 Å². The quantitative estimate of drug-likeness (QED) is 0.799. The molecule has 2 N–H and O–H groups in total. The molecule has 0 bridgehead atoms. The Balaban J connectivity index is 1.86. The van der Waals surface area contributed by atoms with E-state index in [1.54, 1.807) is 7.11 Å². The molecule has 0 spiro atoms. The van der Waals surface area contributed by atoms with E-state index in [-0.39, 0.29) is 18.7 Å². The molecule has 25 heavy (non-hydrogen) atoms. The molecule has 2 unspecified atom stereocenters. The Bertz CT molecular complexity index is 659. The summed E-state index contributed by atoms with van der Waals surface area (Å²) in [4.78, 5) is 0. The van der Waals surface area contributed by atoms with E-state index in [4.69, 9.17) is 9.47 Å². The Morgan fingerprint density at radius 3 is 2.84 bits per heavy atom. The highest BCUT2D eigenvalue weighted by molar-refractivity contribution is 5.43. The van der Waals surface area contributed by atoms with Crippen LogP contribution in [0, 0.1) is 0 Å². The van der Waals surface area contributed by atoms with Crippen molar-refractivity contribution < 1.29 is 14.6 Å². The maximum atomic E-state index is 9.27. The lowest BCUT2D eigenvalue weighted by Gasteiger charge is -2.26. The van der Waals surface area contributed by atoms with E-state index < -0.39 is 0 Å². The Labute approximate surface area is 149 Å². The van der Waals surface area contributed by atoms with Crippen molar-refractivity contribution in [3.63, 3.8) is 0 Å². The number of methoxy groups -OCH3 is 1. The topological polar surface area (TPSA) is 50.7 Å². The lowest BCUT2D eigenvalue weighted by atomic mass is 9.96. The van der Waals surface area contributed by atoms with Crippen LogP contribution in [0.4, 0.5) is 0 Å². The first kappa shape index (κ1) is 17.8. The summed E-state index contributed by atoms with van der Waals surface area (Å²) in [7, 11) is 1.69. The molecule has 0 amide bonds. The van der Waals surface area contributed by atoms with E-state index in [1.165, 1.54) is 5.56 Å². The van der Waals surface area contributed by atoms with Gasteiger partial charge in [0, 0.05) is 24.3 Å². The molecule has 0 aliphatic carbocycles. The maximum absolute atomic E-state index is 9.27. The normalized spacial score (nSPS) is 17.9. The van der Waals surface area contributed by atoms with Crippen LogP contribution in [0.15, 0.2) is 48.5 Å². The monoisotopic (exact) mass is 341 g/mol. The molecule has 1 aliphatic rings. The summed E-state index contributed by atoms with van der Waals surface area (Å²) in [6.07, 6.45) is 3.71. The SMILES string of the molecule is COc1ccc2c(c1)C(NC(CCCO)c1ccccc1)CCCO2. The van der Waals surface area contributed by atoms with Crippen LogP contribution in [0.25, 0.3) is 0 Å². The van der Waals surface area contributed by atoms with Gasteiger partial charge in [0.25, 0.3) is 0 Å². The third-order valence-electron chi connectivity index (χ3n) is 4.74. The van der Waals surface area contributed by atoms with Gasteiger partial charge in [-0.3, -0.25) is 0 Å². The Kier molecular flexibility index (Phi) is 6.31. The van der Waals surface area contributed by atoms with E-state index in [2.05, 4.69) is 35.6 Å². The Morgan fingerprint density at radius 1 is 1.24 bits per heavy atom. The first-order chi connectivity index (χ1) is 12.3. The van der Waals surface area contributed by atoms with Gasteiger partial charge in [-0.05, 0) is 49.4 Å². The number of ether oxygens (including phenoxy) is 2. The zero-order valence-electron chi connectivity index (χ0n) is 14.8. The van der Waals surface area contributed by atoms with Crippen LogP contribution in [0.5, 0.6) is 11.5 Å². The molecule has 0 aromatic heterocycles. The summed E-state index contributed by atoms with van der Waals surface area (Å²) in [5.41, 5.74) is 2.41. The van der Waals surface area contributed by atoms with Gasteiger partial charge >= 0.3 is 0 Å². The van der Waals surface area contributed by atoms with E-state index in [1.807, 2.05) is 18.2 Å². The second-order valence-electron chi connectivity index (χ2n) is 6.44. The van der Waals surface area contributed by atoms with Crippen molar-refractivity contribution in [2.24, 2.45) is 0 Å². The van der Waals surface area contributed by atoms with Crippen LogP contribution in [0.2, 0.25) is 0 Å². The predicted molar refractivity (Wildman–Crippen MR) is 99.1 cm³/mol. The van der Waals surface area contributed by atoms with Crippen molar-refractivity contribution in [1.82, 2.24) is 5.32 Å². The van der Waals surface area contributed by atoms with E-state index >= 15 is 0 Å². The fraction of sp³-hybridized carbons (Fsp3) is 0.429. The lowest BCUT2D eigenvalue weighted by Crippen LogP contribution is -2.26. The summed E-state index contributed by atoms with van der Waals surface area (Å²) in [6, 6.07) is 16.9. The van der Waals surface area contributed by atoms with Crippen LogP contribution >= 0.6 is 0 Å². The molecule has 3 rings (SSSR count). The molecular formula is C21H27NO3. The zero-order valence-corrected chi connectivity index (χ0v) is 14.8. The van der Waals surface area contributed by atoms with Crippen LogP contribution in [-0.4, -0.2) is 25.4 Å². The van der Waals surface area contributed by atoms with Gasteiger partial charge < -0.3 is 19.9 Å². The highest BCUT2D eigenvalue weighted by Gasteiger charge is 2.24. The van der Waals surface area contributed by atoms with Gasteiger partial charge in [-0.1, -0.05) is 30.3 Å². The molecule has 2 atom stereocenters. The van der Waals surface area contributed by atoms with Crippen molar-refractivity contribution in [1.29, 1.82) is 0 Å². The molecule has 0 fully saturated rings. The highest BCUT2D eigenvalue weighted by Crippen LogP contribution is 2.36. The van der Waals surface area contributed by atoms with Gasteiger partial charge in [0.15, 0.2) is 0 Å². The van der Waals surface area contributed by atoms with Gasteiger partial charge in [0.05, 0.1) is 13.7 Å². The van der Waals surface area contributed by atoms with Crippen LogP contribution < -0.4 is 14.8 Å². The zero-order chi connectivity index (χ0) is 17.5. The number of rotatable bonds is 7. The van der Waals surface area contributed by atoms with Crippen molar-refractivity contribution in [2.75, 3.05) is 20.3 Å². The van der Waals surface area contributed by atoms with Crippen LogP contribution in [0.1, 0.15) is 48.9 Å². The predicted octanol–water partition coefficient (Wildman–Crippen LogP) is 4.01. The first-order valence-corrected chi connectivity index (χ1v) is 9.04. The minimum absolute atomic E-state index is 0.204. The van der Waals surface area contributed by atoms with Gasteiger partial charge in [0.1, 0.15) is 11.5 Å². The minimum Gasteiger partial charge on any atom is -0.497 e. The summed E-state index contributed by atoms with van der Waals surface area (Å²) in [5.74, 6) is 1.78. The average molecular weight is 341 g/mol. The highest BCUT2D eigenvalue weighted by atomic mass is 16.5. The molecule has 0 radical (unpaired) electrons. The van der Waals surface area contributed by atoms with Crippen molar-refractivity contribution in [3.05, 3.63) is 59.7 Å². The molecule has 4 heteroatoms. The van der Waals surface area contributed by atoms with E-state index in [9.17, 15) is 5.11 Å². The van der Waals surface area contributed by atoms with Crippen molar-refractivity contribution in [2.45, 2.75) is 37.8 Å². The average Bonchev–Trinajstić information content (AvgIpc) is 2.87. The summed E-state index contributed by atoms with van der Waals surface area (Å²) < 4.78 is 11.3. The summed E-state index contributed by atoms with van der Waals surface area (Å²) >= 11 is 0. The number of aliphatic hydroxyl groups excluding tert-OH is 1. The molecule has 1 aliphatic heterocycles. The third kappa shape index (κ3) is 4.53. The number of benzene rings is 2. The third-order valence-corrected chi connectivity index (χ3v) is 4.74. The Morgan fingerprint density at radius 2 is 2.08 bits per heavy atom. The molecule has 1 heterocycles. The van der Waals surface area contributed by atoms with Crippen molar-refractivity contribution in [3.8, 4) is 11.5 Å². The van der Waals surface area contributed by atoms with E-state index in [0.717, 1.165) is 49.4 Å². The molecule has 0 saturated heterocycles. The smallest absolute Gasteiger partial charge is 0.124 e. The Hall–Kier alpha value is -2.04. The second-order valence-corrected chi connectivity index (χ2v) is 6.44.